The van der Waals surface area contributed by atoms with E-state index in [0.717, 1.165) is 0 Å². The van der Waals surface area contributed by atoms with Gasteiger partial charge in [-0.1, -0.05) is 6.92 Å². The monoisotopic (exact) mass is 244 g/mol. The van der Waals surface area contributed by atoms with Gasteiger partial charge in [-0.05, 0) is 18.6 Å². The fourth-order valence-corrected chi connectivity index (χ4v) is 2.40. The second-order valence-corrected chi connectivity index (χ2v) is 5.22. The molecular weight excluding hydrogens is 228 g/mol. The minimum Gasteiger partial charge on any atom is -0.495 e. The lowest BCUT2D eigenvalue weighted by atomic mass is 10.3. The molecule has 0 aliphatic rings. The molecule has 1 rings (SSSR count). The van der Waals surface area contributed by atoms with Gasteiger partial charge in [-0.2, -0.15) is 0 Å². The van der Waals surface area contributed by atoms with Crippen molar-refractivity contribution < 1.29 is 13.2 Å². The fourth-order valence-electron chi connectivity index (χ4n) is 1.27. The summed E-state index contributed by atoms with van der Waals surface area (Å²) in [5, 5.41) is 0. The molecule has 6 heteroatoms. The number of ether oxygens (including phenoxy) is 1. The van der Waals surface area contributed by atoms with Crippen LogP contribution in [0.4, 0.5) is 11.4 Å². The molecule has 0 amide bonds. The number of benzene rings is 1. The molecule has 0 heterocycles. The quantitative estimate of drug-likeness (QED) is 0.768. The Morgan fingerprint density at radius 3 is 2.69 bits per heavy atom. The summed E-state index contributed by atoms with van der Waals surface area (Å²) in [6.45, 7) is 1.81. The number of hydrogen-bond donors (Lipinski definition) is 2. The summed E-state index contributed by atoms with van der Waals surface area (Å²) in [7, 11) is -1.79. The molecule has 0 spiro atoms. The van der Waals surface area contributed by atoms with Crippen LogP contribution in [0.25, 0.3) is 0 Å². The topological polar surface area (TPSA) is 81.4 Å². The zero-order chi connectivity index (χ0) is 12.2. The summed E-state index contributed by atoms with van der Waals surface area (Å²) < 4.78 is 30.5. The van der Waals surface area contributed by atoms with Gasteiger partial charge in [-0.25, -0.2) is 8.42 Å². The standard InChI is InChI=1S/C10H16N2O3S/c1-3-6-16(13,14)12-8-4-5-9(11)10(7-8)15-2/h4-5,7,12H,3,6,11H2,1-2H3. The third-order valence-electron chi connectivity index (χ3n) is 1.98. The number of methoxy groups -OCH3 is 1. The lowest BCUT2D eigenvalue weighted by molar-refractivity contribution is 0.417. The first kappa shape index (κ1) is 12.6. The van der Waals surface area contributed by atoms with Crippen LogP contribution in [0, 0.1) is 0 Å². The van der Waals surface area contributed by atoms with Gasteiger partial charge < -0.3 is 10.5 Å². The first-order chi connectivity index (χ1) is 7.48. The zero-order valence-corrected chi connectivity index (χ0v) is 10.2. The first-order valence-corrected chi connectivity index (χ1v) is 6.57. The van der Waals surface area contributed by atoms with E-state index in [9.17, 15) is 8.42 Å². The average Bonchev–Trinajstić information content (AvgIpc) is 2.20. The lowest BCUT2D eigenvalue weighted by Gasteiger charge is -2.09. The third kappa shape index (κ3) is 3.30. The van der Waals surface area contributed by atoms with E-state index in [1.807, 2.05) is 6.92 Å². The van der Waals surface area contributed by atoms with E-state index in [1.165, 1.54) is 7.11 Å². The third-order valence-corrected chi connectivity index (χ3v) is 3.47. The Morgan fingerprint density at radius 2 is 2.12 bits per heavy atom. The van der Waals surface area contributed by atoms with Crippen LogP contribution in [-0.4, -0.2) is 21.3 Å². The van der Waals surface area contributed by atoms with Crippen LogP contribution in [0.1, 0.15) is 13.3 Å². The molecule has 1 aromatic rings. The summed E-state index contributed by atoms with van der Waals surface area (Å²) >= 11 is 0. The molecule has 0 saturated carbocycles. The molecule has 0 aliphatic carbocycles. The maximum atomic E-state index is 11.5. The van der Waals surface area contributed by atoms with E-state index in [0.29, 0.717) is 23.5 Å². The average molecular weight is 244 g/mol. The molecule has 0 aliphatic heterocycles. The Balaban J connectivity index is 2.90. The molecular formula is C10H16N2O3S. The van der Waals surface area contributed by atoms with Crippen molar-refractivity contribution in [2.45, 2.75) is 13.3 Å². The first-order valence-electron chi connectivity index (χ1n) is 4.92. The van der Waals surface area contributed by atoms with Gasteiger partial charge in [0.1, 0.15) is 5.75 Å². The summed E-state index contributed by atoms with van der Waals surface area (Å²) in [5.41, 5.74) is 6.55. The highest BCUT2D eigenvalue weighted by Gasteiger charge is 2.09. The molecule has 0 fully saturated rings. The number of anilines is 2. The van der Waals surface area contributed by atoms with Gasteiger partial charge in [0, 0.05) is 6.07 Å². The maximum absolute atomic E-state index is 11.5. The van der Waals surface area contributed by atoms with Crippen molar-refractivity contribution in [3.05, 3.63) is 18.2 Å². The van der Waals surface area contributed by atoms with E-state index in [1.54, 1.807) is 18.2 Å². The van der Waals surface area contributed by atoms with E-state index in [2.05, 4.69) is 4.72 Å². The highest BCUT2D eigenvalue weighted by molar-refractivity contribution is 7.92. The van der Waals surface area contributed by atoms with E-state index < -0.39 is 10.0 Å². The van der Waals surface area contributed by atoms with Crippen molar-refractivity contribution in [3.8, 4) is 5.75 Å². The van der Waals surface area contributed by atoms with Crippen LogP contribution in [0.2, 0.25) is 0 Å². The normalized spacial score (nSPS) is 11.1. The smallest absolute Gasteiger partial charge is 0.232 e. The second-order valence-electron chi connectivity index (χ2n) is 3.38. The molecule has 3 N–H and O–H groups in total. The highest BCUT2D eigenvalue weighted by Crippen LogP contribution is 2.25. The number of sulfonamides is 1. The molecule has 5 nitrogen and oxygen atoms in total. The molecule has 0 saturated heterocycles. The summed E-state index contributed by atoms with van der Waals surface area (Å²) in [6, 6.07) is 4.76. The van der Waals surface area contributed by atoms with Crippen molar-refractivity contribution in [2.24, 2.45) is 0 Å². The Hall–Kier alpha value is -1.43. The predicted octanol–water partition coefficient (Wildman–Crippen LogP) is 1.43. The number of rotatable bonds is 5. The molecule has 0 bridgehead atoms. The molecule has 16 heavy (non-hydrogen) atoms. The van der Waals surface area contributed by atoms with Gasteiger partial charge >= 0.3 is 0 Å². The van der Waals surface area contributed by atoms with E-state index in [-0.39, 0.29) is 5.75 Å². The summed E-state index contributed by atoms with van der Waals surface area (Å²) in [6.07, 6.45) is 0.571. The van der Waals surface area contributed by atoms with Crippen LogP contribution in [-0.2, 0) is 10.0 Å². The van der Waals surface area contributed by atoms with Crippen LogP contribution in [0.3, 0.4) is 0 Å². The maximum Gasteiger partial charge on any atom is 0.232 e. The van der Waals surface area contributed by atoms with Crippen molar-refractivity contribution >= 4 is 21.4 Å². The minimum atomic E-state index is -3.27. The van der Waals surface area contributed by atoms with Crippen LogP contribution in [0.15, 0.2) is 18.2 Å². The fraction of sp³-hybridized carbons (Fsp3) is 0.400. The molecule has 0 atom stereocenters. The molecule has 1 aromatic carbocycles. The Labute approximate surface area is 95.7 Å². The number of hydrogen-bond acceptors (Lipinski definition) is 4. The lowest BCUT2D eigenvalue weighted by Crippen LogP contribution is -2.16. The van der Waals surface area contributed by atoms with Crippen LogP contribution in [0.5, 0.6) is 5.75 Å². The van der Waals surface area contributed by atoms with E-state index in [4.69, 9.17) is 10.5 Å². The van der Waals surface area contributed by atoms with Gasteiger partial charge in [-0.15, -0.1) is 0 Å². The van der Waals surface area contributed by atoms with Crippen LogP contribution < -0.4 is 15.2 Å². The SMILES string of the molecule is CCCS(=O)(=O)Nc1ccc(N)c(OC)c1. The molecule has 90 valence electrons. The van der Waals surface area contributed by atoms with Gasteiger partial charge in [0.15, 0.2) is 0 Å². The summed E-state index contributed by atoms with van der Waals surface area (Å²) in [4.78, 5) is 0. The van der Waals surface area contributed by atoms with Crippen molar-refractivity contribution in [1.29, 1.82) is 0 Å². The summed E-state index contributed by atoms with van der Waals surface area (Å²) in [5.74, 6) is 0.552. The van der Waals surface area contributed by atoms with E-state index >= 15 is 0 Å². The number of nitrogen functional groups attached to an aromatic ring is 1. The van der Waals surface area contributed by atoms with Crippen LogP contribution >= 0.6 is 0 Å². The zero-order valence-electron chi connectivity index (χ0n) is 9.36. The largest absolute Gasteiger partial charge is 0.495 e. The van der Waals surface area contributed by atoms with Gasteiger partial charge in [0.25, 0.3) is 0 Å². The second kappa shape index (κ2) is 5.07. The Kier molecular flexibility index (Phi) is 4.00. The number of nitrogens with two attached hydrogens (primary N) is 1. The van der Waals surface area contributed by atoms with Gasteiger partial charge in [-0.3, -0.25) is 4.72 Å². The Bertz CT molecular complexity index is 457. The number of nitrogens with one attached hydrogen (secondary N) is 1. The van der Waals surface area contributed by atoms with Gasteiger partial charge in [0.2, 0.25) is 10.0 Å². The van der Waals surface area contributed by atoms with Crippen molar-refractivity contribution in [2.75, 3.05) is 23.3 Å². The highest BCUT2D eigenvalue weighted by atomic mass is 32.2. The molecule has 0 unspecified atom stereocenters. The minimum absolute atomic E-state index is 0.0969. The van der Waals surface area contributed by atoms with Crippen molar-refractivity contribution in [3.63, 3.8) is 0 Å². The molecule has 0 radical (unpaired) electrons. The van der Waals surface area contributed by atoms with Gasteiger partial charge in [0.05, 0.1) is 24.2 Å². The Morgan fingerprint density at radius 1 is 1.44 bits per heavy atom. The predicted molar refractivity (Wildman–Crippen MR) is 65.1 cm³/mol. The molecule has 0 aromatic heterocycles. The van der Waals surface area contributed by atoms with Crippen molar-refractivity contribution in [1.82, 2.24) is 0 Å².